The molecule has 1 saturated heterocycles. The van der Waals surface area contributed by atoms with E-state index >= 15 is 0 Å². The van der Waals surface area contributed by atoms with Crippen molar-refractivity contribution in [3.63, 3.8) is 0 Å². The van der Waals surface area contributed by atoms with Gasteiger partial charge in [0.25, 0.3) is 0 Å². The first-order valence-corrected chi connectivity index (χ1v) is 9.85. The van der Waals surface area contributed by atoms with E-state index in [1.165, 1.54) is 0 Å². The number of nitrogens with one attached hydrogen (secondary N) is 1. The Labute approximate surface area is 157 Å². The van der Waals surface area contributed by atoms with Gasteiger partial charge in [0.15, 0.2) is 0 Å². The standard InChI is InChI=1S/C20H32ClN3O/c1-4-20(5-2,17-7-9-18(21)10-8-17)19(25)22-11-6-12-24-15-13-23(3)14-16-24/h7-10H,4-6,11-16H2,1-3H3,(H,22,25). The minimum Gasteiger partial charge on any atom is -0.355 e. The maximum atomic E-state index is 12.9. The van der Waals surface area contributed by atoms with Crippen molar-refractivity contribution in [2.75, 3.05) is 46.3 Å². The number of halogens is 1. The van der Waals surface area contributed by atoms with E-state index in [4.69, 9.17) is 11.6 Å². The number of hydrogen-bond donors (Lipinski definition) is 1. The molecule has 140 valence electrons. The summed E-state index contributed by atoms with van der Waals surface area (Å²) in [4.78, 5) is 17.8. The van der Waals surface area contributed by atoms with Gasteiger partial charge in [0.05, 0.1) is 5.41 Å². The number of nitrogens with zero attached hydrogens (tertiary/aromatic N) is 2. The third-order valence-electron chi connectivity index (χ3n) is 5.57. The van der Waals surface area contributed by atoms with Crippen molar-refractivity contribution in [3.05, 3.63) is 34.9 Å². The summed E-state index contributed by atoms with van der Waals surface area (Å²) in [5.74, 6) is 0.137. The normalized spacial score (nSPS) is 16.8. The molecule has 4 nitrogen and oxygen atoms in total. The lowest BCUT2D eigenvalue weighted by Crippen LogP contribution is -2.46. The van der Waals surface area contributed by atoms with Crippen molar-refractivity contribution in [2.45, 2.75) is 38.5 Å². The minimum atomic E-state index is -0.460. The van der Waals surface area contributed by atoms with Crippen LogP contribution in [0.3, 0.4) is 0 Å². The average molecular weight is 366 g/mol. The van der Waals surface area contributed by atoms with Crippen LogP contribution in [0.25, 0.3) is 0 Å². The number of carbonyl (C=O) groups excluding carboxylic acids is 1. The first kappa shape index (κ1) is 20.2. The molecule has 1 heterocycles. The summed E-state index contributed by atoms with van der Waals surface area (Å²) in [6.07, 6.45) is 2.57. The summed E-state index contributed by atoms with van der Waals surface area (Å²) in [6.45, 7) is 10.5. The van der Waals surface area contributed by atoms with Gasteiger partial charge in [-0.05, 0) is 50.6 Å². The molecule has 5 heteroatoms. The van der Waals surface area contributed by atoms with Gasteiger partial charge in [-0.15, -0.1) is 0 Å². The van der Waals surface area contributed by atoms with Gasteiger partial charge >= 0.3 is 0 Å². The highest BCUT2D eigenvalue weighted by Gasteiger charge is 2.36. The molecule has 1 aliphatic heterocycles. The maximum Gasteiger partial charge on any atom is 0.230 e. The lowest BCUT2D eigenvalue weighted by atomic mass is 9.75. The fraction of sp³-hybridized carbons (Fsp3) is 0.650. The minimum absolute atomic E-state index is 0.137. The quantitative estimate of drug-likeness (QED) is 0.719. The molecule has 1 N–H and O–H groups in total. The highest BCUT2D eigenvalue weighted by atomic mass is 35.5. The zero-order valence-electron chi connectivity index (χ0n) is 15.9. The molecule has 0 unspecified atom stereocenters. The second kappa shape index (κ2) is 9.56. The number of rotatable bonds is 8. The fourth-order valence-electron chi connectivity index (χ4n) is 3.62. The second-order valence-electron chi connectivity index (χ2n) is 7.05. The highest BCUT2D eigenvalue weighted by molar-refractivity contribution is 6.30. The van der Waals surface area contributed by atoms with Gasteiger partial charge in [-0.25, -0.2) is 0 Å². The predicted octanol–water partition coefficient (Wildman–Crippen LogP) is 3.15. The molecule has 1 aromatic rings. The molecule has 0 atom stereocenters. The Bertz CT molecular complexity index is 534. The molecule has 0 saturated carbocycles. The zero-order valence-corrected chi connectivity index (χ0v) is 16.6. The van der Waals surface area contributed by atoms with E-state index in [0.29, 0.717) is 5.02 Å². The van der Waals surface area contributed by atoms with Crippen LogP contribution >= 0.6 is 11.6 Å². The summed E-state index contributed by atoms with van der Waals surface area (Å²) in [5.41, 5.74) is 0.594. The fourth-order valence-corrected chi connectivity index (χ4v) is 3.75. The van der Waals surface area contributed by atoms with E-state index in [1.807, 2.05) is 24.3 Å². The Kier molecular flexibility index (Phi) is 7.73. The van der Waals surface area contributed by atoms with Crippen LogP contribution in [0.15, 0.2) is 24.3 Å². The van der Waals surface area contributed by atoms with Gasteiger partial charge in [-0.2, -0.15) is 0 Å². The summed E-state index contributed by atoms with van der Waals surface area (Å²) in [7, 11) is 2.17. The number of hydrogen-bond acceptors (Lipinski definition) is 3. The van der Waals surface area contributed by atoms with E-state index in [1.54, 1.807) is 0 Å². The van der Waals surface area contributed by atoms with E-state index in [2.05, 4.69) is 36.0 Å². The van der Waals surface area contributed by atoms with Gasteiger partial charge in [-0.1, -0.05) is 37.6 Å². The monoisotopic (exact) mass is 365 g/mol. The van der Waals surface area contributed by atoms with Crippen LogP contribution in [0.5, 0.6) is 0 Å². The van der Waals surface area contributed by atoms with Crippen molar-refractivity contribution in [1.82, 2.24) is 15.1 Å². The zero-order chi connectivity index (χ0) is 18.3. The summed E-state index contributed by atoms with van der Waals surface area (Å²) in [5, 5.41) is 3.88. The Balaban J connectivity index is 1.87. The lowest BCUT2D eigenvalue weighted by molar-refractivity contribution is -0.127. The molecule has 0 bridgehead atoms. The molecule has 0 radical (unpaired) electrons. The van der Waals surface area contributed by atoms with Crippen molar-refractivity contribution >= 4 is 17.5 Å². The molecule has 1 aromatic carbocycles. The molecule has 1 fully saturated rings. The van der Waals surface area contributed by atoms with E-state index in [0.717, 1.165) is 64.1 Å². The Hall–Kier alpha value is -1.10. The molecule has 0 aromatic heterocycles. The van der Waals surface area contributed by atoms with Crippen LogP contribution in [0.1, 0.15) is 38.7 Å². The van der Waals surface area contributed by atoms with Crippen molar-refractivity contribution in [3.8, 4) is 0 Å². The predicted molar refractivity (Wildman–Crippen MR) is 105 cm³/mol. The second-order valence-corrected chi connectivity index (χ2v) is 7.49. The summed E-state index contributed by atoms with van der Waals surface area (Å²) in [6, 6.07) is 7.72. The Morgan fingerprint density at radius 2 is 1.72 bits per heavy atom. The third-order valence-corrected chi connectivity index (χ3v) is 5.82. The number of carbonyl (C=O) groups is 1. The smallest absolute Gasteiger partial charge is 0.230 e. The van der Waals surface area contributed by atoms with Crippen LogP contribution < -0.4 is 5.32 Å². The maximum absolute atomic E-state index is 12.9. The van der Waals surface area contributed by atoms with E-state index < -0.39 is 5.41 Å². The first-order chi connectivity index (χ1) is 12.0. The van der Waals surface area contributed by atoms with Gasteiger partial charge < -0.3 is 15.1 Å². The molecule has 25 heavy (non-hydrogen) atoms. The van der Waals surface area contributed by atoms with Gasteiger partial charge in [0.2, 0.25) is 5.91 Å². The molecule has 2 rings (SSSR count). The molecule has 1 aliphatic rings. The largest absolute Gasteiger partial charge is 0.355 e. The van der Waals surface area contributed by atoms with Crippen molar-refractivity contribution < 1.29 is 4.79 Å². The van der Waals surface area contributed by atoms with E-state index in [-0.39, 0.29) is 5.91 Å². The summed E-state index contributed by atoms with van der Waals surface area (Å²) < 4.78 is 0. The Morgan fingerprint density at radius 3 is 2.28 bits per heavy atom. The highest BCUT2D eigenvalue weighted by Crippen LogP contribution is 2.32. The van der Waals surface area contributed by atoms with Crippen molar-refractivity contribution in [2.24, 2.45) is 0 Å². The SMILES string of the molecule is CCC(CC)(C(=O)NCCCN1CCN(C)CC1)c1ccc(Cl)cc1. The van der Waals surface area contributed by atoms with Crippen LogP contribution in [0.4, 0.5) is 0 Å². The number of amides is 1. The molecular weight excluding hydrogens is 334 g/mol. The Morgan fingerprint density at radius 1 is 1.12 bits per heavy atom. The first-order valence-electron chi connectivity index (χ1n) is 9.47. The van der Waals surface area contributed by atoms with Crippen LogP contribution in [-0.2, 0) is 10.2 Å². The van der Waals surface area contributed by atoms with Gasteiger partial charge in [0, 0.05) is 37.7 Å². The molecule has 0 aliphatic carbocycles. The van der Waals surface area contributed by atoms with Crippen LogP contribution in [-0.4, -0.2) is 62.0 Å². The van der Waals surface area contributed by atoms with E-state index in [9.17, 15) is 4.79 Å². The topological polar surface area (TPSA) is 35.6 Å². The number of piperazine rings is 1. The molecule has 1 amide bonds. The summed E-state index contributed by atoms with van der Waals surface area (Å²) >= 11 is 6.00. The van der Waals surface area contributed by atoms with Crippen LogP contribution in [0.2, 0.25) is 5.02 Å². The third kappa shape index (κ3) is 5.19. The van der Waals surface area contributed by atoms with Gasteiger partial charge in [-0.3, -0.25) is 4.79 Å². The van der Waals surface area contributed by atoms with Crippen molar-refractivity contribution in [1.29, 1.82) is 0 Å². The van der Waals surface area contributed by atoms with Gasteiger partial charge in [0.1, 0.15) is 0 Å². The lowest BCUT2D eigenvalue weighted by Gasteiger charge is -2.33. The number of benzene rings is 1. The molecular formula is C20H32ClN3O. The number of likely N-dealkylation sites (N-methyl/N-ethyl adjacent to an activating group) is 1. The average Bonchev–Trinajstić information content (AvgIpc) is 2.63. The molecule has 0 spiro atoms. The van der Waals surface area contributed by atoms with Crippen LogP contribution in [0, 0.1) is 0 Å².